The second-order valence-corrected chi connectivity index (χ2v) is 14.8. The summed E-state index contributed by atoms with van der Waals surface area (Å²) in [5, 5.41) is 13.4. The minimum atomic E-state index is -0.429. The SMILES string of the molecule is NC(NC(N=Cc1ccc(-c2c3ccccc3c(-c3ccccc3)c3ccc4ccccc4c23)c2ccccc12)c1ccccc1-c1ccccc1)c1ccccc1. The highest BCUT2D eigenvalue weighted by molar-refractivity contribution is 6.29. The van der Waals surface area contributed by atoms with Crippen molar-refractivity contribution in [2.24, 2.45) is 10.7 Å². The molecule has 0 amide bonds. The molecule has 0 bridgehead atoms. The zero-order chi connectivity index (χ0) is 38.8. The molecule has 0 aliphatic carbocycles. The molecule has 0 heterocycles. The molecule has 0 aliphatic rings. The van der Waals surface area contributed by atoms with Crippen LogP contribution in [-0.4, -0.2) is 6.21 Å². The van der Waals surface area contributed by atoms with E-state index in [4.69, 9.17) is 10.7 Å². The van der Waals surface area contributed by atoms with Crippen molar-refractivity contribution in [3.05, 3.63) is 229 Å². The number of nitrogens with zero attached hydrogens (tertiary/aromatic N) is 1. The molecule has 10 aromatic rings. The molecule has 0 aliphatic heterocycles. The van der Waals surface area contributed by atoms with Crippen molar-refractivity contribution in [2.45, 2.75) is 12.3 Å². The minimum Gasteiger partial charge on any atom is -0.312 e. The van der Waals surface area contributed by atoms with Gasteiger partial charge in [0.25, 0.3) is 0 Å². The van der Waals surface area contributed by atoms with Gasteiger partial charge in [-0.15, -0.1) is 0 Å². The molecule has 3 N–H and O–H groups in total. The third kappa shape index (κ3) is 6.43. The summed E-state index contributed by atoms with van der Waals surface area (Å²) in [7, 11) is 0. The monoisotopic (exact) mass is 743 g/mol. The molecule has 3 heteroatoms. The van der Waals surface area contributed by atoms with Gasteiger partial charge in [-0.05, 0) is 87.6 Å². The lowest BCUT2D eigenvalue weighted by Crippen LogP contribution is -2.32. The lowest BCUT2D eigenvalue weighted by molar-refractivity contribution is 0.468. The first-order valence-electron chi connectivity index (χ1n) is 19.9. The molecule has 10 aromatic carbocycles. The molecule has 3 nitrogen and oxygen atoms in total. The maximum absolute atomic E-state index is 6.86. The Bertz CT molecular complexity index is 3100. The van der Waals surface area contributed by atoms with E-state index in [2.05, 4.69) is 193 Å². The summed E-state index contributed by atoms with van der Waals surface area (Å²) in [5.74, 6) is 0. The average Bonchev–Trinajstić information content (AvgIpc) is 3.30. The normalized spacial score (nSPS) is 12.8. The van der Waals surface area contributed by atoms with Gasteiger partial charge in [-0.3, -0.25) is 10.3 Å². The second kappa shape index (κ2) is 15.4. The van der Waals surface area contributed by atoms with Crippen LogP contribution in [0.5, 0.6) is 0 Å². The average molecular weight is 744 g/mol. The van der Waals surface area contributed by atoms with Crippen molar-refractivity contribution in [1.82, 2.24) is 5.32 Å². The highest BCUT2D eigenvalue weighted by atomic mass is 15.1. The Hall–Kier alpha value is -7.17. The number of nitrogens with two attached hydrogens (primary N) is 1. The second-order valence-electron chi connectivity index (χ2n) is 14.8. The van der Waals surface area contributed by atoms with Gasteiger partial charge in [-0.1, -0.05) is 212 Å². The highest BCUT2D eigenvalue weighted by Gasteiger charge is 2.22. The first-order valence-corrected chi connectivity index (χ1v) is 19.9. The van der Waals surface area contributed by atoms with Gasteiger partial charge in [0.1, 0.15) is 6.17 Å². The molecule has 276 valence electrons. The van der Waals surface area contributed by atoms with Crippen LogP contribution in [0.4, 0.5) is 0 Å². The maximum Gasteiger partial charge on any atom is 0.127 e. The largest absolute Gasteiger partial charge is 0.312 e. The number of aliphatic imine (C=N–C) groups is 1. The van der Waals surface area contributed by atoms with Gasteiger partial charge in [0.15, 0.2) is 0 Å². The molecule has 0 aromatic heterocycles. The number of rotatable bonds is 9. The topological polar surface area (TPSA) is 50.4 Å². The van der Waals surface area contributed by atoms with Crippen LogP contribution in [0.1, 0.15) is 29.0 Å². The summed E-state index contributed by atoms with van der Waals surface area (Å²) in [6, 6.07) is 75.5. The minimum absolute atomic E-state index is 0.421. The molecule has 0 radical (unpaired) electrons. The first kappa shape index (κ1) is 35.3. The van der Waals surface area contributed by atoms with E-state index in [1.165, 1.54) is 60.0 Å². The van der Waals surface area contributed by atoms with E-state index < -0.39 is 12.3 Å². The van der Waals surface area contributed by atoms with Crippen molar-refractivity contribution in [1.29, 1.82) is 0 Å². The number of fused-ring (bicyclic) bond motifs is 5. The standard InChI is InChI=1S/C55H41N3/c56-54(40-23-8-3-9-24-40)58-55(49-31-17-13-25-42(49)37-18-4-1-5-19-37)57-36-41-33-34-48(45-28-14-12-26-43(41)45)53-47-30-16-15-29-46(47)51(39-21-6-2-7-22-39)50-35-32-38-20-10-11-27-44(38)52(50)53/h1-36,54-55,58H,56H2. The number of hydrogen-bond acceptors (Lipinski definition) is 3. The van der Waals surface area contributed by atoms with Crippen LogP contribution < -0.4 is 11.1 Å². The van der Waals surface area contributed by atoms with E-state index in [0.29, 0.717) is 0 Å². The van der Waals surface area contributed by atoms with E-state index in [1.807, 2.05) is 30.5 Å². The van der Waals surface area contributed by atoms with Crippen molar-refractivity contribution in [3.63, 3.8) is 0 Å². The lowest BCUT2D eigenvalue weighted by atomic mass is 9.82. The molecule has 0 saturated carbocycles. The fraction of sp³-hybridized carbons (Fsp3) is 0.0364. The Morgan fingerprint density at radius 1 is 0.414 bits per heavy atom. The van der Waals surface area contributed by atoms with Crippen molar-refractivity contribution < 1.29 is 0 Å². The van der Waals surface area contributed by atoms with Crippen LogP contribution in [0.3, 0.4) is 0 Å². The van der Waals surface area contributed by atoms with Crippen molar-refractivity contribution >= 4 is 49.3 Å². The number of hydrogen-bond donors (Lipinski definition) is 2. The number of benzene rings is 10. The molecule has 2 unspecified atom stereocenters. The Morgan fingerprint density at radius 2 is 0.983 bits per heavy atom. The van der Waals surface area contributed by atoms with Crippen LogP contribution in [0.25, 0.3) is 76.5 Å². The van der Waals surface area contributed by atoms with E-state index in [-0.39, 0.29) is 0 Å². The van der Waals surface area contributed by atoms with Crippen molar-refractivity contribution in [3.8, 4) is 33.4 Å². The summed E-state index contributed by atoms with van der Waals surface area (Å²) in [4.78, 5) is 5.34. The fourth-order valence-corrected chi connectivity index (χ4v) is 8.71. The zero-order valence-corrected chi connectivity index (χ0v) is 32.0. The third-order valence-corrected chi connectivity index (χ3v) is 11.4. The summed E-state index contributed by atoms with van der Waals surface area (Å²) in [5.41, 5.74) is 17.1. The zero-order valence-electron chi connectivity index (χ0n) is 32.0. The van der Waals surface area contributed by atoms with E-state index in [9.17, 15) is 0 Å². The van der Waals surface area contributed by atoms with Gasteiger partial charge in [-0.25, -0.2) is 0 Å². The molecule has 0 saturated heterocycles. The summed E-state index contributed by atoms with van der Waals surface area (Å²) in [6.07, 6.45) is 1.17. The molecule has 58 heavy (non-hydrogen) atoms. The quantitative estimate of drug-likeness (QED) is 0.0669. The van der Waals surface area contributed by atoms with Crippen LogP contribution in [0.2, 0.25) is 0 Å². The summed E-state index contributed by atoms with van der Waals surface area (Å²) in [6.45, 7) is 0. The van der Waals surface area contributed by atoms with Crippen LogP contribution in [-0.2, 0) is 0 Å². The maximum atomic E-state index is 6.86. The van der Waals surface area contributed by atoms with E-state index >= 15 is 0 Å². The molecule has 2 atom stereocenters. The Morgan fingerprint density at radius 3 is 1.72 bits per heavy atom. The predicted octanol–water partition coefficient (Wildman–Crippen LogP) is 13.7. The van der Waals surface area contributed by atoms with Crippen molar-refractivity contribution in [2.75, 3.05) is 0 Å². The van der Waals surface area contributed by atoms with E-state index in [1.54, 1.807) is 0 Å². The van der Waals surface area contributed by atoms with Gasteiger partial charge < -0.3 is 5.73 Å². The lowest BCUT2D eigenvalue weighted by Gasteiger charge is -2.23. The van der Waals surface area contributed by atoms with Gasteiger partial charge >= 0.3 is 0 Å². The Labute approximate surface area is 338 Å². The van der Waals surface area contributed by atoms with E-state index in [0.717, 1.165) is 33.2 Å². The summed E-state index contributed by atoms with van der Waals surface area (Å²) < 4.78 is 0. The molecular formula is C55H41N3. The molecule has 0 fully saturated rings. The van der Waals surface area contributed by atoms with Gasteiger partial charge in [0.05, 0.1) is 6.17 Å². The molecule has 10 rings (SSSR count). The van der Waals surface area contributed by atoms with Crippen LogP contribution >= 0.6 is 0 Å². The molecule has 0 spiro atoms. The summed E-state index contributed by atoms with van der Waals surface area (Å²) >= 11 is 0. The molecular weight excluding hydrogens is 703 g/mol. The van der Waals surface area contributed by atoms with Gasteiger partial charge in [-0.2, -0.15) is 0 Å². The Kier molecular flexibility index (Phi) is 9.36. The number of nitrogens with one attached hydrogen (secondary N) is 1. The predicted molar refractivity (Wildman–Crippen MR) is 246 cm³/mol. The Balaban J connectivity index is 1.17. The fourth-order valence-electron chi connectivity index (χ4n) is 8.71. The smallest absolute Gasteiger partial charge is 0.127 e. The third-order valence-electron chi connectivity index (χ3n) is 11.4. The first-order chi connectivity index (χ1) is 28.7. The van der Waals surface area contributed by atoms with Gasteiger partial charge in [0.2, 0.25) is 0 Å². The van der Waals surface area contributed by atoms with Gasteiger partial charge in [0, 0.05) is 11.8 Å². The van der Waals surface area contributed by atoms with Crippen LogP contribution in [0.15, 0.2) is 217 Å². The highest BCUT2D eigenvalue weighted by Crippen LogP contribution is 2.47. The van der Waals surface area contributed by atoms with Crippen LogP contribution in [0, 0.1) is 0 Å².